The first kappa shape index (κ1) is 19.1. The molecule has 1 atom stereocenters. The molecular weight excluding hydrogens is 356 g/mol. The fourth-order valence-corrected chi connectivity index (χ4v) is 3.50. The van der Waals surface area contributed by atoms with Gasteiger partial charge in [0.1, 0.15) is 5.69 Å². The Morgan fingerprint density at radius 3 is 2.52 bits per heavy atom. The number of aromatic nitrogens is 3. The van der Waals surface area contributed by atoms with Crippen molar-refractivity contribution in [3.63, 3.8) is 0 Å². The van der Waals surface area contributed by atoms with E-state index in [9.17, 15) is 0 Å². The van der Waals surface area contributed by atoms with Crippen LogP contribution in [0, 0.1) is 6.92 Å². The number of pyridine rings is 1. The minimum atomic E-state index is -0.138. The molecule has 0 bridgehead atoms. The van der Waals surface area contributed by atoms with Gasteiger partial charge in [-0.1, -0.05) is 48.5 Å². The fraction of sp³-hybridized carbons (Fsp3) is 0.182. The van der Waals surface area contributed by atoms with Gasteiger partial charge in [-0.25, -0.2) is 0 Å². The largest absolute Gasteiger partial charge is 0.324 e. The lowest BCUT2D eigenvalue weighted by atomic mass is 9.94. The van der Waals surface area contributed by atoms with Crippen LogP contribution in [0.25, 0.3) is 22.2 Å². The maximum atomic E-state index is 6.59. The van der Waals surface area contributed by atoms with Crippen LogP contribution in [0.2, 0.25) is 0 Å². The topological polar surface area (TPSA) is 56.7 Å². The summed E-state index contributed by atoms with van der Waals surface area (Å²) in [5.74, 6) is 0. The Morgan fingerprint density at radius 1 is 0.963 bits per heavy atom. The van der Waals surface area contributed by atoms with Gasteiger partial charge in [-0.15, -0.1) is 12.4 Å². The number of hydrogen-bond donors (Lipinski definition) is 1. The van der Waals surface area contributed by atoms with Crippen LogP contribution in [0.15, 0.2) is 66.7 Å². The molecular formula is C22H23ClN4. The summed E-state index contributed by atoms with van der Waals surface area (Å²) in [6.07, 6.45) is 0.698. The fourth-order valence-electron chi connectivity index (χ4n) is 3.50. The zero-order valence-corrected chi connectivity index (χ0v) is 16.3. The summed E-state index contributed by atoms with van der Waals surface area (Å²) in [4.78, 5) is 4.60. The second kappa shape index (κ2) is 7.91. The average molecular weight is 379 g/mol. The third kappa shape index (κ3) is 3.72. The van der Waals surface area contributed by atoms with E-state index in [1.807, 2.05) is 61.1 Å². The molecule has 0 aliphatic rings. The number of halogens is 1. The van der Waals surface area contributed by atoms with Gasteiger partial charge in [-0.05, 0) is 30.7 Å². The van der Waals surface area contributed by atoms with Crippen molar-refractivity contribution in [1.82, 2.24) is 14.8 Å². The maximum Gasteiger partial charge on any atom is 0.100 e. The summed E-state index contributed by atoms with van der Waals surface area (Å²) < 4.78 is 1.93. The SMILES string of the molecule is Cc1cccc(C[C@H](N)c2ccccc2-c2nn(C)c3ccccc23)n1.Cl. The highest BCUT2D eigenvalue weighted by molar-refractivity contribution is 5.94. The molecule has 2 heterocycles. The summed E-state index contributed by atoms with van der Waals surface area (Å²) in [7, 11) is 1.98. The Hall–Kier alpha value is -2.69. The smallest absolute Gasteiger partial charge is 0.100 e. The highest BCUT2D eigenvalue weighted by atomic mass is 35.5. The van der Waals surface area contributed by atoms with Crippen LogP contribution in [0.3, 0.4) is 0 Å². The first-order valence-corrected chi connectivity index (χ1v) is 8.82. The van der Waals surface area contributed by atoms with Gasteiger partial charge in [-0.2, -0.15) is 5.10 Å². The van der Waals surface area contributed by atoms with Crippen LogP contribution in [0.1, 0.15) is 23.0 Å². The quantitative estimate of drug-likeness (QED) is 0.564. The number of benzene rings is 2. The zero-order valence-electron chi connectivity index (χ0n) is 15.5. The number of nitrogens with two attached hydrogens (primary N) is 1. The lowest BCUT2D eigenvalue weighted by Crippen LogP contribution is -2.15. The molecule has 0 radical (unpaired) electrons. The maximum absolute atomic E-state index is 6.59. The molecule has 2 aromatic carbocycles. The number of aryl methyl sites for hydroxylation is 2. The van der Waals surface area contributed by atoms with Crippen molar-refractivity contribution in [3.8, 4) is 11.3 Å². The Morgan fingerprint density at radius 2 is 1.70 bits per heavy atom. The van der Waals surface area contributed by atoms with Crippen LogP contribution in [-0.2, 0) is 13.5 Å². The first-order valence-electron chi connectivity index (χ1n) is 8.82. The number of para-hydroxylation sites is 1. The molecule has 27 heavy (non-hydrogen) atoms. The van der Waals surface area contributed by atoms with Crippen LogP contribution in [0.5, 0.6) is 0 Å². The normalized spacial score (nSPS) is 12.0. The van der Waals surface area contributed by atoms with Crippen molar-refractivity contribution in [3.05, 3.63) is 83.7 Å². The van der Waals surface area contributed by atoms with E-state index in [2.05, 4.69) is 29.2 Å². The predicted octanol–water partition coefficient (Wildman–Crippen LogP) is 4.61. The number of nitrogens with zero attached hydrogens (tertiary/aromatic N) is 3. The standard InChI is InChI=1S/C22H22N4.ClH/c1-15-8-7-9-16(24-15)14-20(23)17-10-3-4-11-18(17)22-19-12-5-6-13-21(19)26(2)25-22;/h3-13,20H,14,23H2,1-2H3;1H/t20-;/m0./s1. The minimum Gasteiger partial charge on any atom is -0.324 e. The van der Waals surface area contributed by atoms with Crippen LogP contribution < -0.4 is 5.73 Å². The molecule has 4 nitrogen and oxygen atoms in total. The van der Waals surface area contributed by atoms with Crippen molar-refractivity contribution < 1.29 is 0 Å². The van der Waals surface area contributed by atoms with Gasteiger partial charge in [-0.3, -0.25) is 9.67 Å². The lowest BCUT2D eigenvalue weighted by molar-refractivity contribution is 0.705. The van der Waals surface area contributed by atoms with Gasteiger partial charge in [0.15, 0.2) is 0 Å². The number of hydrogen-bond acceptors (Lipinski definition) is 3. The van der Waals surface area contributed by atoms with Gasteiger partial charge in [0.05, 0.1) is 5.52 Å². The van der Waals surface area contributed by atoms with Crippen LogP contribution in [-0.4, -0.2) is 14.8 Å². The molecule has 0 saturated carbocycles. The molecule has 2 N–H and O–H groups in total. The molecule has 0 aliphatic carbocycles. The second-order valence-electron chi connectivity index (χ2n) is 6.66. The highest BCUT2D eigenvalue weighted by Gasteiger charge is 2.17. The molecule has 138 valence electrons. The summed E-state index contributed by atoms with van der Waals surface area (Å²) in [6.45, 7) is 2.00. The minimum absolute atomic E-state index is 0. The van der Waals surface area contributed by atoms with E-state index in [0.717, 1.165) is 39.1 Å². The number of rotatable bonds is 4. The Labute approximate surface area is 165 Å². The Bertz CT molecular complexity index is 1070. The van der Waals surface area contributed by atoms with E-state index >= 15 is 0 Å². The molecule has 0 amide bonds. The summed E-state index contributed by atoms with van der Waals surface area (Å²) in [6, 6.07) is 22.5. The van der Waals surface area contributed by atoms with Gasteiger partial charge in [0, 0.05) is 41.8 Å². The van der Waals surface area contributed by atoms with Crippen LogP contribution >= 0.6 is 12.4 Å². The van der Waals surface area contributed by atoms with Gasteiger partial charge < -0.3 is 5.73 Å². The van der Waals surface area contributed by atoms with Gasteiger partial charge in [0.2, 0.25) is 0 Å². The molecule has 5 heteroatoms. The third-order valence-corrected chi connectivity index (χ3v) is 4.75. The van der Waals surface area contributed by atoms with E-state index in [0.29, 0.717) is 6.42 Å². The molecule has 0 fully saturated rings. The Kier molecular flexibility index (Phi) is 5.59. The lowest BCUT2D eigenvalue weighted by Gasteiger charge is -2.16. The van der Waals surface area contributed by atoms with Crippen molar-refractivity contribution >= 4 is 23.3 Å². The van der Waals surface area contributed by atoms with Crippen molar-refractivity contribution in [2.75, 3.05) is 0 Å². The van der Waals surface area contributed by atoms with Crippen molar-refractivity contribution in [2.45, 2.75) is 19.4 Å². The molecule has 0 spiro atoms. The molecule has 0 aliphatic heterocycles. The van der Waals surface area contributed by atoms with Crippen LogP contribution in [0.4, 0.5) is 0 Å². The average Bonchev–Trinajstić information content (AvgIpc) is 2.99. The predicted molar refractivity (Wildman–Crippen MR) is 113 cm³/mol. The van der Waals surface area contributed by atoms with Crippen molar-refractivity contribution in [2.24, 2.45) is 12.8 Å². The first-order chi connectivity index (χ1) is 12.6. The van der Waals surface area contributed by atoms with Gasteiger partial charge >= 0.3 is 0 Å². The van der Waals surface area contributed by atoms with E-state index < -0.39 is 0 Å². The monoisotopic (exact) mass is 378 g/mol. The molecule has 4 aromatic rings. The highest BCUT2D eigenvalue weighted by Crippen LogP contribution is 2.32. The third-order valence-electron chi connectivity index (χ3n) is 4.75. The molecule has 0 unspecified atom stereocenters. The molecule has 4 rings (SSSR count). The van der Waals surface area contributed by atoms with E-state index in [1.54, 1.807) is 0 Å². The van der Waals surface area contributed by atoms with Crippen molar-refractivity contribution in [1.29, 1.82) is 0 Å². The molecule has 2 aromatic heterocycles. The van der Waals surface area contributed by atoms with E-state index in [1.165, 1.54) is 0 Å². The molecule has 0 saturated heterocycles. The summed E-state index contributed by atoms with van der Waals surface area (Å²) >= 11 is 0. The van der Waals surface area contributed by atoms with Gasteiger partial charge in [0.25, 0.3) is 0 Å². The summed E-state index contributed by atoms with van der Waals surface area (Å²) in [5, 5.41) is 5.91. The summed E-state index contributed by atoms with van der Waals surface area (Å²) in [5.41, 5.74) is 12.9. The second-order valence-corrected chi connectivity index (χ2v) is 6.66. The van der Waals surface area contributed by atoms with E-state index in [-0.39, 0.29) is 18.4 Å². The zero-order chi connectivity index (χ0) is 18.1. The Balaban J connectivity index is 0.00000210. The van der Waals surface area contributed by atoms with E-state index in [4.69, 9.17) is 10.8 Å². The number of fused-ring (bicyclic) bond motifs is 1.